The van der Waals surface area contributed by atoms with Crippen LogP contribution in [0.3, 0.4) is 0 Å². The molecule has 82 valence electrons. The minimum absolute atomic E-state index is 0.631. The molecule has 1 heterocycles. The van der Waals surface area contributed by atoms with Crippen LogP contribution in [-0.4, -0.2) is 15.1 Å². The predicted molar refractivity (Wildman–Crippen MR) is 62.0 cm³/mol. The van der Waals surface area contributed by atoms with Gasteiger partial charge in [-0.05, 0) is 19.4 Å². The quantitative estimate of drug-likeness (QED) is 0.833. The fourth-order valence-corrected chi connectivity index (χ4v) is 1.61. The molecule has 1 unspecified atom stereocenters. The van der Waals surface area contributed by atoms with Crippen molar-refractivity contribution in [3.05, 3.63) is 59.2 Å². The van der Waals surface area contributed by atoms with Crippen molar-refractivity contribution in [1.29, 1.82) is 0 Å². The molecular formula is C13H14N2O. The summed E-state index contributed by atoms with van der Waals surface area (Å²) in [5.41, 5.74) is 3.05. The minimum atomic E-state index is -0.700. The zero-order chi connectivity index (χ0) is 11.5. The maximum Gasteiger partial charge on any atom is 0.123 e. The van der Waals surface area contributed by atoms with Gasteiger partial charge in [-0.25, -0.2) is 0 Å². The number of nitrogens with zero attached hydrogens (tertiary/aromatic N) is 2. The van der Waals surface area contributed by atoms with E-state index < -0.39 is 6.10 Å². The van der Waals surface area contributed by atoms with E-state index in [2.05, 4.69) is 9.97 Å². The van der Waals surface area contributed by atoms with Crippen molar-refractivity contribution in [3.63, 3.8) is 0 Å². The molecule has 1 aromatic carbocycles. The van der Waals surface area contributed by atoms with Crippen molar-refractivity contribution in [2.24, 2.45) is 0 Å². The van der Waals surface area contributed by atoms with E-state index in [1.165, 1.54) is 0 Å². The lowest BCUT2D eigenvalue weighted by molar-refractivity contribution is 0.213. The first-order valence-electron chi connectivity index (χ1n) is 5.21. The Labute approximate surface area is 94.8 Å². The van der Waals surface area contributed by atoms with Gasteiger partial charge in [-0.2, -0.15) is 0 Å². The van der Waals surface area contributed by atoms with Crippen LogP contribution >= 0.6 is 0 Å². The molecule has 1 aromatic heterocycles. The fraction of sp³-hybridized carbons (Fsp3) is 0.231. The number of aryl methyl sites for hydroxylation is 2. The Bertz CT molecular complexity index is 483. The lowest BCUT2D eigenvalue weighted by Crippen LogP contribution is -2.07. The molecule has 1 N–H and O–H groups in total. The van der Waals surface area contributed by atoms with Crippen molar-refractivity contribution >= 4 is 0 Å². The van der Waals surface area contributed by atoms with Gasteiger partial charge in [0.1, 0.15) is 6.10 Å². The summed E-state index contributed by atoms with van der Waals surface area (Å²) in [5, 5.41) is 10.2. The highest BCUT2D eigenvalue weighted by Crippen LogP contribution is 2.21. The second kappa shape index (κ2) is 4.41. The van der Waals surface area contributed by atoms with E-state index in [0.717, 1.165) is 17.0 Å². The maximum absolute atomic E-state index is 10.2. The summed E-state index contributed by atoms with van der Waals surface area (Å²) in [5.74, 6) is 0. The standard InChI is InChI=1S/C13H14N2O/c1-9-8-14-10(2)12(15-9)13(16)11-6-4-3-5-7-11/h3-8,13,16H,1-2H3. The minimum Gasteiger partial charge on any atom is -0.382 e. The predicted octanol–water partition coefficient (Wildman–Crippen LogP) is 2.18. The molecular weight excluding hydrogens is 200 g/mol. The molecule has 2 aromatic rings. The highest BCUT2D eigenvalue weighted by atomic mass is 16.3. The van der Waals surface area contributed by atoms with Crippen molar-refractivity contribution in [3.8, 4) is 0 Å². The van der Waals surface area contributed by atoms with Gasteiger partial charge in [-0.15, -0.1) is 0 Å². The van der Waals surface area contributed by atoms with Crippen LogP contribution in [0.5, 0.6) is 0 Å². The second-order valence-corrected chi connectivity index (χ2v) is 3.80. The lowest BCUT2D eigenvalue weighted by atomic mass is 10.1. The van der Waals surface area contributed by atoms with Crippen LogP contribution in [0.2, 0.25) is 0 Å². The summed E-state index contributed by atoms with van der Waals surface area (Å²) in [6.45, 7) is 3.72. The summed E-state index contributed by atoms with van der Waals surface area (Å²) >= 11 is 0. The third-order valence-corrected chi connectivity index (χ3v) is 2.49. The summed E-state index contributed by atoms with van der Waals surface area (Å²) in [7, 11) is 0. The number of aliphatic hydroxyl groups excluding tert-OH is 1. The molecule has 0 radical (unpaired) electrons. The largest absolute Gasteiger partial charge is 0.382 e. The van der Waals surface area contributed by atoms with Crippen LogP contribution < -0.4 is 0 Å². The van der Waals surface area contributed by atoms with Crippen molar-refractivity contribution in [2.75, 3.05) is 0 Å². The van der Waals surface area contributed by atoms with Gasteiger partial charge in [0.05, 0.1) is 17.1 Å². The van der Waals surface area contributed by atoms with E-state index in [1.807, 2.05) is 44.2 Å². The molecule has 0 fully saturated rings. The molecule has 2 rings (SSSR count). The van der Waals surface area contributed by atoms with E-state index in [1.54, 1.807) is 6.20 Å². The zero-order valence-electron chi connectivity index (χ0n) is 9.38. The zero-order valence-corrected chi connectivity index (χ0v) is 9.38. The summed E-state index contributed by atoms with van der Waals surface area (Å²) in [6, 6.07) is 9.49. The second-order valence-electron chi connectivity index (χ2n) is 3.80. The molecule has 3 nitrogen and oxygen atoms in total. The molecule has 1 atom stereocenters. The number of rotatable bonds is 2. The van der Waals surface area contributed by atoms with Gasteiger partial charge < -0.3 is 5.11 Å². The van der Waals surface area contributed by atoms with Crippen LogP contribution in [0, 0.1) is 13.8 Å². The summed E-state index contributed by atoms with van der Waals surface area (Å²) < 4.78 is 0. The Balaban J connectivity index is 2.41. The topological polar surface area (TPSA) is 46.0 Å². The van der Waals surface area contributed by atoms with E-state index in [0.29, 0.717) is 5.69 Å². The van der Waals surface area contributed by atoms with Gasteiger partial charge in [-0.3, -0.25) is 9.97 Å². The van der Waals surface area contributed by atoms with Crippen LogP contribution in [0.25, 0.3) is 0 Å². The van der Waals surface area contributed by atoms with Gasteiger partial charge in [0, 0.05) is 6.20 Å². The maximum atomic E-state index is 10.2. The Morgan fingerprint density at radius 3 is 2.50 bits per heavy atom. The molecule has 16 heavy (non-hydrogen) atoms. The van der Waals surface area contributed by atoms with Gasteiger partial charge in [0.15, 0.2) is 0 Å². The van der Waals surface area contributed by atoms with Crippen LogP contribution in [0.1, 0.15) is 28.7 Å². The average molecular weight is 214 g/mol. The van der Waals surface area contributed by atoms with Crippen LogP contribution in [-0.2, 0) is 0 Å². The highest BCUT2D eigenvalue weighted by molar-refractivity contribution is 5.27. The Kier molecular flexibility index (Phi) is 2.97. The van der Waals surface area contributed by atoms with Crippen LogP contribution in [0.15, 0.2) is 36.5 Å². The Hall–Kier alpha value is -1.74. The van der Waals surface area contributed by atoms with Gasteiger partial charge in [-0.1, -0.05) is 30.3 Å². The number of aliphatic hydroxyl groups is 1. The molecule has 0 saturated carbocycles. The molecule has 0 aliphatic rings. The first-order valence-corrected chi connectivity index (χ1v) is 5.21. The average Bonchev–Trinajstić information content (AvgIpc) is 2.32. The van der Waals surface area contributed by atoms with E-state index >= 15 is 0 Å². The monoisotopic (exact) mass is 214 g/mol. The SMILES string of the molecule is Cc1cnc(C)c(C(O)c2ccccc2)n1. The van der Waals surface area contributed by atoms with Crippen LogP contribution in [0.4, 0.5) is 0 Å². The van der Waals surface area contributed by atoms with Crippen molar-refractivity contribution in [1.82, 2.24) is 9.97 Å². The number of hydrogen-bond acceptors (Lipinski definition) is 3. The fourth-order valence-electron chi connectivity index (χ4n) is 1.61. The molecule has 3 heteroatoms. The highest BCUT2D eigenvalue weighted by Gasteiger charge is 2.14. The number of benzene rings is 1. The molecule has 0 amide bonds. The molecule has 0 saturated heterocycles. The first kappa shape index (κ1) is 10.8. The molecule has 0 spiro atoms. The van der Waals surface area contributed by atoms with Crippen molar-refractivity contribution in [2.45, 2.75) is 20.0 Å². The molecule has 0 bridgehead atoms. The van der Waals surface area contributed by atoms with E-state index in [-0.39, 0.29) is 0 Å². The third kappa shape index (κ3) is 2.09. The van der Waals surface area contributed by atoms with E-state index in [9.17, 15) is 5.11 Å². The first-order chi connectivity index (χ1) is 7.68. The molecule has 0 aliphatic carbocycles. The summed E-state index contributed by atoms with van der Waals surface area (Å²) in [6.07, 6.45) is 1.00. The number of aromatic nitrogens is 2. The lowest BCUT2D eigenvalue weighted by Gasteiger charge is -2.12. The normalized spacial score (nSPS) is 12.4. The summed E-state index contributed by atoms with van der Waals surface area (Å²) in [4.78, 5) is 8.54. The smallest absolute Gasteiger partial charge is 0.123 e. The van der Waals surface area contributed by atoms with Gasteiger partial charge in [0.25, 0.3) is 0 Å². The third-order valence-electron chi connectivity index (χ3n) is 2.49. The van der Waals surface area contributed by atoms with E-state index in [4.69, 9.17) is 0 Å². The van der Waals surface area contributed by atoms with Crippen molar-refractivity contribution < 1.29 is 5.11 Å². The molecule has 0 aliphatic heterocycles. The van der Waals surface area contributed by atoms with Gasteiger partial charge in [0.2, 0.25) is 0 Å². The number of hydrogen-bond donors (Lipinski definition) is 1. The Morgan fingerprint density at radius 2 is 1.81 bits per heavy atom. The van der Waals surface area contributed by atoms with Gasteiger partial charge >= 0.3 is 0 Å². The Morgan fingerprint density at radius 1 is 1.12 bits per heavy atom.